The Bertz CT molecular complexity index is 750. The summed E-state index contributed by atoms with van der Waals surface area (Å²) < 4.78 is 13.5. The van der Waals surface area contributed by atoms with E-state index < -0.39 is 11.7 Å². The molecule has 0 aliphatic carbocycles. The lowest BCUT2D eigenvalue weighted by Gasteiger charge is -2.05. The second-order valence-electron chi connectivity index (χ2n) is 4.13. The molecule has 1 amide bonds. The van der Waals surface area contributed by atoms with Crippen LogP contribution in [-0.4, -0.2) is 5.91 Å². The predicted molar refractivity (Wildman–Crippen MR) is 80.1 cm³/mol. The van der Waals surface area contributed by atoms with Gasteiger partial charge in [0.25, 0.3) is 5.91 Å². The number of carbonyl (C=O) groups excluding carboxylic acids is 1. The van der Waals surface area contributed by atoms with E-state index in [2.05, 4.69) is 5.32 Å². The number of hydrogen-bond acceptors (Lipinski definition) is 2. The highest BCUT2D eigenvalue weighted by molar-refractivity contribution is 6.32. The van der Waals surface area contributed by atoms with Gasteiger partial charge in [0.05, 0.1) is 5.69 Å². The lowest BCUT2D eigenvalue weighted by atomic mass is 10.1. The number of rotatable bonds is 3. The van der Waals surface area contributed by atoms with Crippen LogP contribution in [0, 0.1) is 17.1 Å². The van der Waals surface area contributed by atoms with E-state index in [4.69, 9.17) is 16.9 Å². The summed E-state index contributed by atoms with van der Waals surface area (Å²) >= 11 is 5.97. The molecule has 5 heteroatoms. The van der Waals surface area contributed by atoms with Crippen molar-refractivity contribution in [3.63, 3.8) is 0 Å². The molecule has 3 nitrogen and oxygen atoms in total. The van der Waals surface area contributed by atoms with E-state index in [0.717, 1.165) is 0 Å². The van der Waals surface area contributed by atoms with Gasteiger partial charge < -0.3 is 5.32 Å². The zero-order valence-corrected chi connectivity index (χ0v) is 11.6. The van der Waals surface area contributed by atoms with Gasteiger partial charge in [-0.15, -0.1) is 0 Å². The number of halogens is 2. The number of nitrogens with zero attached hydrogens (tertiary/aromatic N) is 1. The highest BCUT2D eigenvalue weighted by Crippen LogP contribution is 2.19. The van der Waals surface area contributed by atoms with Crippen LogP contribution in [0.5, 0.6) is 0 Å². The Balaban J connectivity index is 2.26. The van der Waals surface area contributed by atoms with Crippen molar-refractivity contribution in [1.82, 2.24) is 0 Å². The molecule has 0 spiro atoms. The molecule has 0 aromatic heterocycles. The summed E-state index contributed by atoms with van der Waals surface area (Å²) in [5.74, 6) is -1.26. The largest absolute Gasteiger partial charge is 0.319 e. The molecular weight excluding hydrogens is 291 g/mol. The molecule has 0 saturated heterocycles. The van der Waals surface area contributed by atoms with Gasteiger partial charge in [-0.1, -0.05) is 41.9 Å². The molecule has 0 saturated carbocycles. The van der Waals surface area contributed by atoms with E-state index >= 15 is 0 Å². The Morgan fingerprint density at radius 1 is 1.19 bits per heavy atom. The van der Waals surface area contributed by atoms with Crippen molar-refractivity contribution < 1.29 is 9.18 Å². The van der Waals surface area contributed by atoms with Crippen LogP contribution in [0.3, 0.4) is 0 Å². The van der Waals surface area contributed by atoms with Crippen LogP contribution in [0.25, 0.3) is 6.08 Å². The Morgan fingerprint density at radius 2 is 1.86 bits per heavy atom. The first-order valence-corrected chi connectivity index (χ1v) is 6.42. The molecule has 1 N–H and O–H groups in total. The fourth-order valence-electron chi connectivity index (χ4n) is 1.65. The maximum Gasteiger partial charge on any atom is 0.266 e. The molecule has 0 bridgehead atoms. The third kappa shape index (κ3) is 3.68. The summed E-state index contributed by atoms with van der Waals surface area (Å²) in [5.41, 5.74) is 0.397. The smallest absolute Gasteiger partial charge is 0.266 e. The molecule has 0 fully saturated rings. The van der Waals surface area contributed by atoms with Gasteiger partial charge in [0.1, 0.15) is 17.5 Å². The molecule has 0 unspecified atom stereocenters. The SMILES string of the molecule is N#C/C(=C\c1ccccc1Cl)C(=O)Nc1ccccc1F. The fraction of sp³-hybridized carbons (Fsp3) is 0. The van der Waals surface area contributed by atoms with Gasteiger partial charge in [0.2, 0.25) is 0 Å². The minimum absolute atomic E-state index is 0.0165. The summed E-state index contributed by atoms with van der Waals surface area (Å²) in [5, 5.41) is 11.9. The second kappa shape index (κ2) is 6.69. The average molecular weight is 301 g/mol. The van der Waals surface area contributed by atoms with E-state index in [1.807, 2.05) is 0 Å². The van der Waals surface area contributed by atoms with Crippen molar-refractivity contribution >= 4 is 29.3 Å². The summed E-state index contributed by atoms with van der Waals surface area (Å²) in [6.07, 6.45) is 1.36. The normalized spacial score (nSPS) is 10.8. The average Bonchev–Trinajstić information content (AvgIpc) is 2.48. The molecule has 2 aromatic rings. The number of para-hydroxylation sites is 1. The summed E-state index contributed by atoms with van der Waals surface area (Å²) in [6.45, 7) is 0. The number of anilines is 1. The predicted octanol–water partition coefficient (Wildman–Crippen LogP) is 4.02. The number of amides is 1. The van der Waals surface area contributed by atoms with Crippen molar-refractivity contribution in [2.45, 2.75) is 0 Å². The monoisotopic (exact) mass is 300 g/mol. The minimum atomic E-state index is -0.692. The van der Waals surface area contributed by atoms with E-state index in [0.29, 0.717) is 10.6 Å². The first-order chi connectivity index (χ1) is 10.1. The zero-order valence-electron chi connectivity index (χ0n) is 10.8. The van der Waals surface area contributed by atoms with E-state index in [9.17, 15) is 9.18 Å². The van der Waals surface area contributed by atoms with Crippen LogP contribution in [0.15, 0.2) is 54.1 Å². The maximum absolute atomic E-state index is 13.5. The van der Waals surface area contributed by atoms with Gasteiger partial charge in [0.15, 0.2) is 0 Å². The Labute approximate surface area is 126 Å². The van der Waals surface area contributed by atoms with Gasteiger partial charge in [-0.25, -0.2) is 4.39 Å². The van der Waals surface area contributed by atoms with Crippen LogP contribution in [-0.2, 0) is 4.79 Å². The van der Waals surface area contributed by atoms with Gasteiger partial charge in [-0.05, 0) is 29.8 Å². The molecule has 21 heavy (non-hydrogen) atoms. The molecular formula is C16H10ClFN2O. The zero-order chi connectivity index (χ0) is 15.2. The van der Waals surface area contributed by atoms with Crippen LogP contribution in [0.1, 0.15) is 5.56 Å². The maximum atomic E-state index is 13.5. The third-order valence-corrected chi connectivity index (χ3v) is 3.04. The molecule has 0 aliphatic heterocycles. The van der Waals surface area contributed by atoms with Gasteiger partial charge in [0, 0.05) is 5.02 Å². The first-order valence-electron chi connectivity index (χ1n) is 6.04. The van der Waals surface area contributed by atoms with Crippen molar-refractivity contribution in [2.75, 3.05) is 5.32 Å². The number of carbonyl (C=O) groups is 1. The molecule has 0 aliphatic rings. The fourth-order valence-corrected chi connectivity index (χ4v) is 1.84. The Morgan fingerprint density at radius 3 is 2.52 bits per heavy atom. The van der Waals surface area contributed by atoms with Crippen molar-refractivity contribution in [2.24, 2.45) is 0 Å². The number of nitrogens with one attached hydrogen (secondary N) is 1. The second-order valence-corrected chi connectivity index (χ2v) is 4.53. The first kappa shape index (κ1) is 14.8. The number of hydrogen-bond donors (Lipinski definition) is 1. The Kier molecular flexibility index (Phi) is 4.70. The topological polar surface area (TPSA) is 52.9 Å². The molecule has 104 valence electrons. The highest BCUT2D eigenvalue weighted by atomic mass is 35.5. The van der Waals surface area contributed by atoms with Crippen LogP contribution in [0.2, 0.25) is 5.02 Å². The van der Waals surface area contributed by atoms with E-state index in [-0.39, 0.29) is 11.3 Å². The summed E-state index contributed by atoms with van der Waals surface area (Å²) in [6, 6.07) is 14.3. The van der Waals surface area contributed by atoms with Crippen LogP contribution in [0.4, 0.5) is 10.1 Å². The molecule has 0 atom stereocenters. The van der Waals surface area contributed by atoms with Gasteiger partial charge in [-0.2, -0.15) is 5.26 Å². The molecule has 0 radical (unpaired) electrons. The molecule has 2 rings (SSSR count). The summed E-state index contributed by atoms with van der Waals surface area (Å²) in [4.78, 5) is 12.0. The van der Waals surface area contributed by atoms with Crippen molar-refractivity contribution in [3.05, 3.63) is 70.5 Å². The van der Waals surface area contributed by atoms with Crippen LogP contribution >= 0.6 is 11.6 Å². The Hall–Kier alpha value is -2.64. The number of nitriles is 1. The standard InChI is InChI=1S/C16H10ClFN2O/c17-13-6-2-1-5-11(13)9-12(10-19)16(21)20-15-8-4-3-7-14(15)18/h1-9H,(H,20,21)/b12-9+. The highest BCUT2D eigenvalue weighted by Gasteiger charge is 2.12. The lowest BCUT2D eigenvalue weighted by molar-refractivity contribution is -0.112. The third-order valence-electron chi connectivity index (χ3n) is 2.69. The molecule has 2 aromatic carbocycles. The lowest BCUT2D eigenvalue weighted by Crippen LogP contribution is -2.14. The molecule has 0 heterocycles. The minimum Gasteiger partial charge on any atom is -0.319 e. The van der Waals surface area contributed by atoms with E-state index in [1.54, 1.807) is 36.4 Å². The van der Waals surface area contributed by atoms with E-state index in [1.165, 1.54) is 24.3 Å². The number of benzene rings is 2. The quantitative estimate of drug-likeness (QED) is 0.687. The van der Waals surface area contributed by atoms with Gasteiger partial charge in [-0.3, -0.25) is 4.79 Å². The summed E-state index contributed by atoms with van der Waals surface area (Å²) in [7, 11) is 0. The van der Waals surface area contributed by atoms with Crippen molar-refractivity contribution in [1.29, 1.82) is 5.26 Å². The van der Waals surface area contributed by atoms with Gasteiger partial charge >= 0.3 is 0 Å². The van der Waals surface area contributed by atoms with Crippen molar-refractivity contribution in [3.8, 4) is 6.07 Å². The van der Waals surface area contributed by atoms with Crippen LogP contribution < -0.4 is 5.32 Å².